The van der Waals surface area contributed by atoms with Gasteiger partial charge in [0.05, 0.1) is 12.2 Å². The molecular formula is C26H30N2O3. The SMILES string of the molecule is CCCOc1ccc(C2=C(N3CCc4ccccc4C3)C(=O)N(CC(C)C)C2=O)cc1. The number of carbonyl (C=O) groups is 2. The van der Waals surface area contributed by atoms with Gasteiger partial charge in [0.15, 0.2) is 0 Å². The lowest BCUT2D eigenvalue weighted by molar-refractivity contribution is -0.138. The monoisotopic (exact) mass is 418 g/mol. The molecule has 5 heteroatoms. The number of benzene rings is 2. The molecule has 2 aromatic carbocycles. The highest BCUT2D eigenvalue weighted by molar-refractivity contribution is 6.35. The standard InChI is InChI=1S/C26H30N2O3/c1-4-15-31-22-11-9-20(10-12-22)23-24(26(30)28(25(23)29)16-18(2)3)27-14-13-19-7-5-6-8-21(19)17-27/h5-12,18H,4,13-17H2,1-3H3. The topological polar surface area (TPSA) is 49.9 Å². The Kier molecular flexibility index (Phi) is 6.12. The Morgan fingerprint density at radius 3 is 2.35 bits per heavy atom. The minimum Gasteiger partial charge on any atom is -0.494 e. The molecule has 0 atom stereocenters. The van der Waals surface area contributed by atoms with Crippen LogP contribution in [0.4, 0.5) is 0 Å². The molecule has 162 valence electrons. The number of hydrogen-bond donors (Lipinski definition) is 0. The summed E-state index contributed by atoms with van der Waals surface area (Å²) in [7, 11) is 0. The highest BCUT2D eigenvalue weighted by atomic mass is 16.5. The predicted octanol–water partition coefficient (Wildman–Crippen LogP) is 4.27. The molecule has 0 radical (unpaired) electrons. The van der Waals surface area contributed by atoms with E-state index in [0.717, 1.165) is 30.7 Å². The number of nitrogens with zero attached hydrogens (tertiary/aromatic N) is 2. The molecule has 4 rings (SSSR count). The van der Waals surface area contributed by atoms with Crippen LogP contribution in [0.15, 0.2) is 54.2 Å². The molecule has 0 fully saturated rings. The van der Waals surface area contributed by atoms with Crippen molar-refractivity contribution in [1.82, 2.24) is 9.80 Å². The minimum atomic E-state index is -0.199. The van der Waals surface area contributed by atoms with E-state index < -0.39 is 0 Å². The normalized spacial score (nSPS) is 16.4. The molecule has 2 aliphatic rings. The van der Waals surface area contributed by atoms with E-state index in [1.54, 1.807) is 0 Å². The molecule has 31 heavy (non-hydrogen) atoms. The van der Waals surface area contributed by atoms with Gasteiger partial charge in [-0.3, -0.25) is 14.5 Å². The molecule has 2 aromatic rings. The summed E-state index contributed by atoms with van der Waals surface area (Å²) >= 11 is 0. The second-order valence-corrected chi connectivity index (χ2v) is 8.65. The van der Waals surface area contributed by atoms with Crippen molar-refractivity contribution in [2.24, 2.45) is 5.92 Å². The molecule has 0 saturated carbocycles. The maximum absolute atomic E-state index is 13.4. The van der Waals surface area contributed by atoms with Gasteiger partial charge in [0, 0.05) is 19.6 Å². The van der Waals surface area contributed by atoms with Crippen LogP contribution in [0.2, 0.25) is 0 Å². The lowest BCUT2D eigenvalue weighted by atomic mass is 9.98. The Labute approximate surface area is 184 Å². The minimum absolute atomic E-state index is 0.181. The van der Waals surface area contributed by atoms with Crippen molar-refractivity contribution in [2.45, 2.75) is 40.2 Å². The van der Waals surface area contributed by atoms with Gasteiger partial charge in [-0.1, -0.05) is 57.2 Å². The van der Waals surface area contributed by atoms with Crippen LogP contribution in [0.1, 0.15) is 43.9 Å². The van der Waals surface area contributed by atoms with Gasteiger partial charge in [-0.05, 0) is 47.6 Å². The second kappa shape index (κ2) is 8.96. The average Bonchev–Trinajstić information content (AvgIpc) is 3.02. The number of carbonyl (C=O) groups excluding carboxylic acids is 2. The van der Waals surface area contributed by atoms with E-state index in [0.29, 0.717) is 31.0 Å². The molecule has 2 aliphatic heterocycles. The second-order valence-electron chi connectivity index (χ2n) is 8.65. The van der Waals surface area contributed by atoms with Gasteiger partial charge < -0.3 is 9.64 Å². The van der Waals surface area contributed by atoms with E-state index in [2.05, 4.69) is 30.0 Å². The molecule has 0 saturated heterocycles. The third kappa shape index (κ3) is 4.22. The van der Waals surface area contributed by atoms with Crippen molar-refractivity contribution >= 4 is 17.4 Å². The van der Waals surface area contributed by atoms with E-state index in [4.69, 9.17) is 4.74 Å². The van der Waals surface area contributed by atoms with Gasteiger partial charge in [-0.25, -0.2) is 0 Å². The Balaban J connectivity index is 1.72. The molecule has 2 amide bonds. The van der Waals surface area contributed by atoms with Crippen LogP contribution < -0.4 is 4.74 Å². The summed E-state index contributed by atoms with van der Waals surface area (Å²) in [6.07, 6.45) is 1.80. The number of hydrogen-bond acceptors (Lipinski definition) is 4. The first-order valence-corrected chi connectivity index (χ1v) is 11.1. The molecule has 0 aliphatic carbocycles. The fraction of sp³-hybridized carbons (Fsp3) is 0.385. The summed E-state index contributed by atoms with van der Waals surface area (Å²) in [5.74, 6) is 0.602. The Morgan fingerprint density at radius 1 is 0.968 bits per heavy atom. The number of fused-ring (bicyclic) bond motifs is 1. The molecule has 0 spiro atoms. The first kappa shape index (κ1) is 21.2. The van der Waals surface area contributed by atoms with E-state index >= 15 is 0 Å². The fourth-order valence-corrected chi connectivity index (χ4v) is 4.27. The molecule has 0 N–H and O–H groups in total. The largest absolute Gasteiger partial charge is 0.494 e. The van der Waals surface area contributed by atoms with E-state index in [1.165, 1.54) is 16.0 Å². The van der Waals surface area contributed by atoms with Gasteiger partial charge >= 0.3 is 0 Å². The van der Waals surface area contributed by atoms with Crippen LogP contribution in [0, 0.1) is 5.92 Å². The lowest BCUT2D eigenvalue weighted by Gasteiger charge is -2.31. The van der Waals surface area contributed by atoms with E-state index in [-0.39, 0.29) is 17.7 Å². The van der Waals surface area contributed by atoms with Crippen LogP contribution in [0.5, 0.6) is 5.75 Å². The molecule has 0 bridgehead atoms. The number of rotatable bonds is 7. The molecule has 2 heterocycles. The highest BCUT2D eigenvalue weighted by Gasteiger charge is 2.42. The van der Waals surface area contributed by atoms with Gasteiger partial charge in [0.1, 0.15) is 11.4 Å². The first-order chi connectivity index (χ1) is 15.0. The maximum Gasteiger partial charge on any atom is 0.277 e. The summed E-state index contributed by atoms with van der Waals surface area (Å²) in [6, 6.07) is 15.9. The van der Waals surface area contributed by atoms with Crippen molar-refractivity contribution in [2.75, 3.05) is 19.7 Å². The third-order valence-corrected chi connectivity index (χ3v) is 5.75. The first-order valence-electron chi connectivity index (χ1n) is 11.1. The Hall–Kier alpha value is -3.08. The summed E-state index contributed by atoms with van der Waals surface area (Å²) in [6.45, 7) is 8.55. The Bertz CT molecular complexity index is 1010. The number of ether oxygens (including phenoxy) is 1. The summed E-state index contributed by atoms with van der Waals surface area (Å²) < 4.78 is 5.69. The van der Waals surface area contributed by atoms with Crippen LogP contribution in [0.3, 0.4) is 0 Å². The number of imide groups is 1. The van der Waals surface area contributed by atoms with Crippen LogP contribution in [-0.2, 0) is 22.6 Å². The summed E-state index contributed by atoms with van der Waals surface area (Å²) in [5.41, 5.74) is 4.33. The van der Waals surface area contributed by atoms with Crippen molar-refractivity contribution in [1.29, 1.82) is 0 Å². The quantitative estimate of drug-likeness (QED) is 0.630. The van der Waals surface area contributed by atoms with E-state index in [9.17, 15) is 9.59 Å². The Morgan fingerprint density at radius 2 is 1.68 bits per heavy atom. The van der Waals surface area contributed by atoms with Gasteiger partial charge in [0.2, 0.25) is 0 Å². The predicted molar refractivity (Wildman–Crippen MR) is 121 cm³/mol. The average molecular weight is 419 g/mol. The van der Waals surface area contributed by atoms with Crippen molar-refractivity contribution in [3.05, 3.63) is 70.9 Å². The zero-order valence-electron chi connectivity index (χ0n) is 18.6. The third-order valence-electron chi connectivity index (χ3n) is 5.75. The zero-order valence-corrected chi connectivity index (χ0v) is 18.6. The zero-order chi connectivity index (χ0) is 22.0. The summed E-state index contributed by atoms with van der Waals surface area (Å²) in [4.78, 5) is 30.3. The van der Waals surface area contributed by atoms with Crippen LogP contribution >= 0.6 is 0 Å². The van der Waals surface area contributed by atoms with Crippen molar-refractivity contribution in [3.8, 4) is 5.75 Å². The van der Waals surface area contributed by atoms with Crippen molar-refractivity contribution < 1.29 is 14.3 Å². The van der Waals surface area contributed by atoms with Crippen molar-refractivity contribution in [3.63, 3.8) is 0 Å². The van der Waals surface area contributed by atoms with Gasteiger partial charge in [0.25, 0.3) is 11.8 Å². The summed E-state index contributed by atoms with van der Waals surface area (Å²) in [5, 5.41) is 0. The molecule has 0 aromatic heterocycles. The fourth-order valence-electron chi connectivity index (χ4n) is 4.27. The number of amides is 2. The smallest absolute Gasteiger partial charge is 0.277 e. The van der Waals surface area contributed by atoms with Crippen LogP contribution in [0.25, 0.3) is 5.57 Å². The van der Waals surface area contributed by atoms with Gasteiger partial charge in [-0.2, -0.15) is 0 Å². The maximum atomic E-state index is 13.4. The molecule has 5 nitrogen and oxygen atoms in total. The van der Waals surface area contributed by atoms with E-state index in [1.807, 2.05) is 44.2 Å². The van der Waals surface area contributed by atoms with Crippen LogP contribution in [-0.4, -0.2) is 41.3 Å². The molecule has 0 unspecified atom stereocenters. The lowest BCUT2D eigenvalue weighted by Crippen LogP contribution is -2.38. The van der Waals surface area contributed by atoms with Gasteiger partial charge in [-0.15, -0.1) is 0 Å². The molecular weight excluding hydrogens is 388 g/mol. The highest BCUT2D eigenvalue weighted by Crippen LogP contribution is 2.35.